The van der Waals surface area contributed by atoms with E-state index in [2.05, 4.69) is 35.2 Å². The van der Waals surface area contributed by atoms with Gasteiger partial charge in [-0.2, -0.15) is 15.3 Å². The minimum atomic E-state index is -4.87. The summed E-state index contributed by atoms with van der Waals surface area (Å²) in [6.45, 7) is -0.291. The molecule has 0 saturated carbocycles. The number of fused-ring (bicyclic) bond motifs is 3. The lowest BCUT2D eigenvalue weighted by molar-refractivity contribution is -0.274. The number of hydrogen-bond acceptors (Lipinski definition) is 7. The Balaban J connectivity index is 1.52. The zero-order valence-corrected chi connectivity index (χ0v) is 16.6. The molecule has 10 nitrogen and oxygen atoms in total. The average Bonchev–Trinajstić information content (AvgIpc) is 3.46. The van der Waals surface area contributed by atoms with Crippen molar-refractivity contribution in [3.63, 3.8) is 0 Å². The maximum atomic E-state index is 13.0. The van der Waals surface area contributed by atoms with E-state index in [1.165, 1.54) is 17.5 Å². The van der Waals surface area contributed by atoms with Crippen LogP contribution in [0.25, 0.3) is 21.3 Å². The van der Waals surface area contributed by atoms with Gasteiger partial charge in [0, 0.05) is 25.1 Å². The van der Waals surface area contributed by atoms with Gasteiger partial charge in [0.25, 0.3) is 5.56 Å². The second-order valence-corrected chi connectivity index (χ2v) is 7.76. The molecule has 0 amide bonds. The lowest BCUT2D eigenvalue weighted by atomic mass is 10.3. The summed E-state index contributed by atoms with van der Waals surface area (Å²) in [4.78, 5) is 17.6. The second-order valence-electron chi connectivity index (χ2n) is 6.68. The highest BCUT2D eigenvalue weighted by atomic mass is 32.1. The molecular formula is C17H13F3N8O2S. The molecule has 0 spiro atoms. The zero-order chi connectivity index (χ0) is 21.8. The molecular weight excluding hydrogens is 437 g/mol. The van der Waals surface area contributed by atoms with Crippen LogP contribution in [0.5, 0.6) is 5.75 Å². The van der Waals surface area contributed by atoms with Crippen molar-refractivity contribution in [1.82, 2.24) is 39.7 Å². The predicted octanol–water partition coefficient (Wildman–Crippen LogP) is 2.33. The number of H-pyrrole nitrogens is 2. The smallest absolute Gasteiger partial charge is 0.402 e. The van der Waals surface area contributed by atoms with Gasteiger partial charge in [-0.25, -0.2) is 9.67 Å². The monoisotopic (exact) mass is 450 g/mol. The molecule has 0 atom stereocenters. The van der Waals surface area contributed by atoms with Crippen molar-refractivity contribution in [1.29, 1.82) is 0 Å². The summed E-state index contributed by atoms with van der Waals surface area (Å²) >= 11 is 1.44. The van der Waals surface area contributed by atoms with Crippen molar-refractivity contribution in [2.24, 2.45) is 7.05 Å². The topological polar surface area (TPSA) is 119 Å². The van der Waals surface area contributed by atoms with Gasteiger partial charge in [0.2, 0.25) is 0 Å². The molecule has 0 fully saturated rings. The van der Waals surface area contributed by atoms with Crippen LogP contribution < -0.4 is 10.3 Å². The first-order valence-corrected chi connectivity index (χ1v) is 9.73. The molecule has 5 heterocycles. The van der Waals surface area contributed by atoms with Crippen molar-refractivity contribution in [3.05, 3.63) is 51.4 Å². The van der Waals surface area contributed by atoms with E-state index in [1.54, 1.807) is 17.8 Å². The summed E-state index contributed by atoms with van der Waals surface area (Å²) in [6.07, 6.45) is -0.115. The Kier molecular flexibility index (Phi) is 4.32. The molecule has 0 unspecified atom stereocenters. The molecule has 0 aliphatic rings. The number of hydrogen-bond donors (Lipinski definition) is 2. The quantitative estimate of drug-likeness (QED) is 0.424. The Morgan fingerprint density at radius 3 is 2.84 bits per heavy atom. The third kappa shape index (κ3) is 3.43. The summed E-state index contributed by atoms with van der Waals surface area (Å²) in [7, 11) is 1.71. The van der Waals surface area contributed by atoms with E-state index in [1.807, 2.05) is 6.07 Å². The molecule has 0 aromatic carbocycles. The van der Waals surface area contributed by atoms with Gasteiger partial charge >= 0.3 is 6.36 Å². The van der Waals surface area contributed by atoms with Crippen LogP contribution in [-0.4, -0.2) is 46.1 Å². The van der Waals surface area contributed by atoms with Crippen LogP contribution in [0.4, 0.5) is 13.2 Å². The number of aromatic nitrogens is 8. The zero-order valence-electron chi connectivity index (χ0n) is 15.8. The number of thiazole rings is 1. The minimum absolute atomic E-state index is 0.0956. The summed E-state index contributed by atoms with van der Waals surface area (Å²) in [5.41, 5.74) is 1.26. The number of ether oxygens (including phenoxy) is 1. The van der Waals surface area contributed by atoms with Gasteiger partial charge in [-0.05, 0) is 6.07 Å². The first-order chi connectivity index (χ1) is 14.8. The Morgan fingerprint density at radius 2 is 2.10 bits per heavy atom. The average molecular weight is 450 g/mol. The molecule has 5 rings (SSSR count). The van der Waals surface area contributed by atoms with Crippen molar-refractivity contribution >= 4 is 32.6 Å². The highest BCUT2D eigenvalue weighted by molar-refractivity contribution is 7.19. The molecule has 2 N–H and O–H groups in total. The van der Waals surface area contributed by atoms with E-state index in [-0.39, 0.29) is 12.2 Å². The normalized spacial score (nSPS) is 12.3. The van der Waals surface area contributed by atoms with Crippen molar-refractivity contribution in [2.45, 2.75) is 19.3 Å². The molecule has 5 aromatic heterocycles. The van der Waals surface area contributed by atoms with Gasteiger partial charge in [0.05, 0.1) is 29.3 Å². The SMILES string of the molecule is Cn1c2nc(Cc3cc[nH]n3)sc2c2cnn(Cc3n[nH]cc3OC(F)(F)F)c(=O)c21. The number of nitrogens with one attached hydrogen (secondary N) is 2. The van der Waals surface area contributed by atoms with Crippen LogP contribution in [0.2, 0.25) is 0 Å². The molecule has 14 heteroatoms. The molecule has 0 saturated heterocycles. The molecule has 0 aliphatic carbocycles. The number of alkyl halides is 3. The Morgan fingerprint density at radius 1 is 1.26 bits per heavy atom. The van der Waals surface area contributed by atoms with Crippen molar-refractivity contribution < 1.29 is 17.9 Å². The third-order valence-electron chi connectivity index (χ3n) is 4.67. The van der Waals surface area contributed by atoms with Crippen LogP contribution in [0, 0.1) is 0 Å². The predicted molar refractivity (Wildman–Crippen MR) is 104 cm³/mol. The van der Waals surface area contributed by atoms with E-state index < -0.39 is 17.7 Å². The largest absolute Gasteiger partial charge is 0.573 e. The van der Waals surface area contributed by atoms with Gasteiger partial charge in [0.1, 0.15) is 16.2 Å². The van der Waals surface area contributed by atoms with E-state index in [9.17, 15) is 18.0 Å². The van der Waals surface area contributed by atoms with Gasteiger partial charge in [0.15, 0.2) is 11.4 Å². The third-order valence-corrected chi connectivity index (χ3v) is 5.74. The fourth-order valence-electron chi connectivity index (χ4n) is 3.34. The molecule has 0 bridgehead atoms. The Bertz CT molecular complexity index is 1440. The first-order valence-electron chi connectivity index (χ1n) is 8.91. The van der Waals surface area contributed by atoms with Crippen LogP contribution in [0.3, 0.4) is 0 Å². The van der Waals surface area contributed by atoms with E-state index in [0.29, 0.717) is 23.0 Å². The maximum absolute atomic E-state index is 13.0. The fraction of sp³-hybridized carbons (Fsp3) is 0.235. The molecule has 31 heavy (non-hydrogen) atoms. The maximum Gasteiger partial charge on any atom is 0.573 e. The molecule has 0 radical (unpaired) electrons. The summed E-state index contributed by atoms with van der Waals surface area (Å²) in [5.74, 6) is -0.515. The summed E-state index contributed by atoms with van der Waals surface area (Å²) < 4.78 is 45.1. The summed E-state index contributed by atoms with van der Waals surface area (Å²) in [6, 6.07) is 1.86. The van der Waals surface area contributed by atoms with Gasteiger partial charge in [-0.3, -0.25) is 15.0 Å². The fourth-order valence-corrected chi connectivity index (χ4v) is 4.46. The van der Waals surface area contributed by atoms with E-state index in [4.69, 9.17) is 0 Å². The van der Waals surface area contributed by atoms with Crippen LogP contribution >= 0.6 is 11.3 Å². The standard InChI is InChI=1S/C17H13F3N8O2S/c1-27-13-9(14-15(27)24-12(31-14)4-8-2-3-21-25-8)5-23-28(16(13)29)7-10-11(6-22-26-10)30-17(18,19)20/h2-3,5-6H,4,7H2,1H3,(H,21,25)(H,22,26). The number of rotatable bonds is 5. The lowest BCUT2D eigenvalue weighted by Gasteiger charge is -2.09. The molecule has 0 aliphatic heterocycles. The molecule has 160 valence electrons. The highest BCUT2D eigenvalue weighted by Gasteiger charge is 2.33. The number of aromatic amines is 2. The Labute approximate surface area is 174 Å². The number of halogens is 3. The highest BCUT2D eigenvalue weighted by Crippen LogP contribution is 2.31. The van der Waals surface area contributed by atoms with Crippen LogP contribution in [0.15, 0.2) is 29.5 Å². The Hall–Kier alpha value is -3.68. The van der Waals surface area contributed by atoms with Crippen molar-refractivity contribution in [3.8, 4) is 5.75 Å². The van der Waals surface area contributed by atoms with E-state index >= 15 is 0 Å². The van der Waals surface area contributed by atoms with E-state index in [0.717, 1.165) is 26.3 Å². The molecule has 5 aromatic rings. The number of aryl methyl sites for hydroxylation is 1. The van der Waals surface area contributed by atoms with Crippen LogP contribution in [0.1, 0.15) is 16.4 Å². The van der Waals surface area contributed by atoms with Gasteiger partial charge in [-0.15, -0.1) is 24.5 Å². The second kappa shape index (κ2) is 6.94. The van der Waals surface area contributed by atoms with Crippen molar-refractivity contribution in [2.75, 3.05) is 0 Å². The van der Waals surface area contributed by atoms with Gasteiger partial charge in [-0.1, -0.05) is 0 Å². The lowest BCUT2D eigenvalue weighted by Crippen LogP contribution is -2.25. The van der Waals surface area contributed by atoms with Gasteiger partial charge < -0.3 is 9.30 Å². The van der Waals surface area contributed by atoms with Crippen LogP contribution in [-0.2, 0) is 20.0 Å². The summed E-state index contributed by atoms with van der Waals surface area (Å²) in [5, 5.41) is 18.5. The number of nitrogens with zero attached hydrogens (tertiary/aromatic N) is 6. The first kappa shape index (κ1) is 19.3. The minimum Gasteiger partial charge on any atom is -0.402 e.